The van der Waals surface area contributed by atoms with E-state index in [1.165, 1.54) is 18.8 Å². The first-order valence-electron chi connectivity index (χ1n) is 8.17. The molecule has 1 aromatic heterocycles. The monoisotopic (exact) mass is 343 g/mol. The summed E-state index contributed by atoms with van der Waals surface area (Å²) in [6.07, 6.45) is 5.99. The number of nitrogens with one attached hydrogen (secondary N) is 1. The van der Waals surface area contributed by atoms with E-state index in [1.807, 2.05) is 23.1 Å². The second-order valence-corrected chi connectivity index (χ2v) is 7.19. The second kappa shape index (κ2) is 5.74. The average Bonchev–Trinajstić information content (AvgIpc) is 2.95. The highest BCUT2D eigenvalue weighted by Crippen LogP contribution is 2.56. The van der Waals surface area contributed by atoms with Crippen LogP contribution in [0.4, 0.5) is 0 Å². The Kier molecular flexibility index (Phi) is 3.68. The van der Waals surface area contributed by atoms with Crippen molar-refractivity contribution in [1.29, 1.82) is 0 Å². The molecule has 1 spiro atoms. The molecule has 1 aliphatic carbocycles. The van der Waals surface area contributed by atoms with Crippen LogP contribution >= 0.6 is 11.6 Å². The van der Waals surface area contributed by atoms with Crippen molar-refractivity contribution in [2.45, 2.75) is 25.2 Å². The summed E-state index contributed by atoms with van der Waals surface area (Å²) < 4.78 is 0. The van der Waals surface area contributed by atoms with Crippen LogP contribution in [0.2, 0.25) is 5.02 Å². The van der Waals surface area contributed by atoms with Crippen LogP contribution in [-0.2, 0) is 0 Å². The minimum absolute atomic E-state index is 0.114. The number of rotatable bonds is 2. The molecule has 6 heteroatoms. The third-order valence-corrected chi connectivity index (χ3v) is 5.79. The lowest BCUT2D eigenvalue weighted by Gasteiger charge is -2.43. The van der Waals surface area contributed by atoms with E-state index in [0.717, 1.165) is 23.4 Å². The van der Waals surface area contributed by atoms with E-state index >= 15 is 0 Å². The molecule has 1 atom stereocenters. The van der Waals surface area contributed by atoms with Gasteiger partial charge in [0, 0.05) is 24.0 Å². The molecule has 124 valence electrons. The number of halogens is 1. The summed E-state index contributed by atoms with van der Waals surface area (Å²) in [5.74, 6) is 0.0771. The van der Waals surface area contributed by atoms with Crippen LogP contribution in [0.3, 0.4) is 0 Å². The van der Waals surface area contributed by atoms with Gasteiger partial charge in [-0.2, -0.15) is 0 Å². The molecule has 4 rings (SSSR count). The highest BCUT2D eigenvalue weighted by atomic mass is 35.5. The molecule has 1 N–H and O–H groups in total. The van der Waals surface area contributed by atoms with Gasteiger partial charge < -0.3 is 9.88 Å². The summed E-state index contributed by atoms with van der Waals surface area (Å²) in [7, 11) is 0. The van der Waals surface area contributed by atoms with Gasteiger partial charge in [-0.3, -0.25) is 14.6 Å². The highest BCUT2D eigenvalue weighted by molar-refractivity contribution is 6.31. The molecule has 1 saturated carbocycles. The first kappa shape index (κ1) is 15.4. The maximum atomic E-state index is 12.8. The number of aromatic nitrogens is 2. The van der Waals surface area contributed by atoms with Gasteiger partial charge in [-0.15, -0.1) is 0 Å². The van der Waals surface area contributed by atoms with Crippen LogP contribution in [0.25, 0.3) is 0 Å². The zero-order chi connectivity index (χ0) is 16.7. The van der Waals surface area contributed by atoms with Crippen molar-refractivity contribution >= 4 is 17.5 Å². The van der Waals surface area contributed by atoms with E-state index in [2.05, 4.69) is 16.0 Å². The average molecular weight is 344 g/mol. The molecular formula is C18H18ClN3O2. The van der Waals surface area contributed by atoms with Gasteiger partial charge in [0.25, 0.3) is 11.5 Å². The Bertz CT molecular complexity index is 844. The molecule has 0 unspecified atom stereocenters. The number of nitrogens with zero attached hydrogens (tertiary/aromatic N) is 2. The SMILES string of the molecule is O=C(c1cncc(=O)[nH]1)N1C[C@@H](c2ccccc2Cl)C2(CCC2)C1. The number of likely N-dealkylation sites (tertiary alicyclic amines) is 1. The molecule has 1 aromatic carbocycles. The van der Waals surface area contributed by atoms with Crippen LogP contribution < -0.4 is 5.56 Å². The Labute approximate surface area is 144 Å². The lowest BCUT2D eigenvalue weighted by molar-refractivity contribution is 0.0719. The summed E-state index contributed by atoms with van der Waals surface area (Å²) in [4.78, 5) is 32.4. The van der Waals surface area contributed by atoms with Gasteiger partial charge in [0.1, 0.15) is 5.69 Å². The number of aromatic amines is 1. The van der Waals surface area contributed by atoms with Gasteiger partial charge in [0.05, 0.1) is 12.4 Å². The quantitative estimate of drug-likeness (QED) is 0.911. The van der Waals surface area contributed by atoms with Crippen LogP contribution in [0.1, 0.15) is 41.2 Å². The Hall–Kier alpha value is -2.14. The Morgan fingerprint density at radius 3 is 2.75 bits per heavy atom. The Morgan fingerprint density at radius 1 is 1.29 bits per heavy atom. The fraction of sp³-hybridized carbons (Fsp3) is 0.389. The van der Waals surface area contributed by atoms with Crippen molar-refractivity contribution in [3.8, 4) is 0 Å². The largest absolute Gasteiger partial charge is 0.336 e. The van der Waals surface area contributed by atoms with Crippen molar-refractivity contribution < 1.29 is 4.79 Å². The minimum atomic E-state index is -0.360. The lowest BCUT2D eigenvalue weighted by atomic mass is 9.61. The van der Waals surface area contributed by atoms with Crippen molar-refractivity contribution in [3.63, 3.8) is 0 Å². The number of hydrogen-bond donors (Lipinski definition) is 1. The van der Waals surface area contributed by atoms with E-state index in [9.17, 15) is 9.59 Å². The standard InChI is InChI=1S/C18H18ClN3O2/c19-14-5-2-1-4-12(14)13-10-22(11-18(13)6-3-7-18)17(24)15-8-20-9-16(23)21-15/h1-2,4-5,8-9,13H,3,6-7,10-11H2,(H,21,23)/t13-/m0/s1. The molecule has 2 fully saturated rings. The molecule has 2 aromatic rings. The van der Waals surface area contributed by atoms with E-state index < -0.39 is 0 Å². The number of hydrogen-bond acceptors (Lipinski definition) is 3. The Morgan fingerprint density at radius 2 is 2.08 bits per heavy atom. The van der Waals surface area contributed by atoms with Gasteiger partial charge in [0.15, 0.2) is 0 Å². The van der Waals surface area contributed by atoms with Gasteiger partial charge >= 0.3 is 0 Å². The van der Waals surface area contributed by atoms with Crippen molar-refractivity contribution in [3.05, 3.63) is 63.3 Å². The van der Waals surface area contributed by atoms with Crippen LogP contribution in [-0.4, -0.2) is 33.9 Å². The molecule has 24 heavy (non-hydrogen) atoms. The topological polar surface area (TPSA) is 66.1 Å². The van der Waals surface area contributed by atoms with Crippen molar-refractivity contribution in [2.24, 2.45) is 5.41 Å². The lowest BCUT2D eigenvalue weighted by Crippen LogP contribution is -2.38. The summed E-state index contributed by atoms with van der Waals surface area (Å²) in [6, 6.07) is 7.90. The van der Waals surface area contributed by atoms with E-state index in [-0.39, 0.29) is 28.5 Å². The molecule has 1 amide bonds. The molecule has 0 radical (unpaired) electrons. The van der Waals surface area contributed by atoms with E-state index in [1.54, 1.807) is 0 Å². The van der Waals surface area contributed by atoms with Gasteiger partial charge in [-0.1, -0.05) is 36.2 Å². The molecule has 2 aliphatic rings. The van der Waals surface area contributed by atoms with Crippen molar-refractivity contribution in [2.75, 3.05) is 13.1 Å². The number of amides is 1. The molecular weight excluding hydrogens is 326 g/mol. The Balaban J connectivity index is 1.65. The highest BCUT2D eigenvalue weighted by Gasteiger charge is 2.52. The number of carbonyl (C=O) groups excluding carboxylic acids is 1. The summed E-state index contributed by atoms with van der Waals surface area (Å²) >= 11 is 6.42. The smallest absolute Gasteiger partial charge is 0.272 e. The van der Waals surface area contributed by atoms with Crippen LogP contribution in [0.5, 0.6) is 0 Å². The number of carbonyl (C=O) groups is 1. The van der Waals surface area contributed by atoms with Gasteiger partial charge in [-0.25, -0.2) is 0 Å². The van der Waals surface area contributed by atoms with E-state index in [0.29, 0.717) is 13.1 Å². The summed E-state index contributed by atoms with van der Waals surface area (Å²) in [5, 5.41) is 0.762. The predicted molar refractivity (Wildman–Crippen MR) is 91.2 cm³/mol. The molecule has 0 bridgehead atoms. The molecule has 2 heterocycles. The van der Waals surface area contributed by atoms with Gasteiger partial charge in [-0.05, 0) is 29.9 Å². The van der Waals surface area contributed by atoms with Gasteiger partial charge in [0.2, 0.25) is 0 Å². The minimum Gasteiger partial charge on any atom is -0.336 e. The maximum Gasteiger partial charge on any atom is 0.272 e. The molecule has 1 aliphatic heterocycles. The summed E-state index contributed by atoms with van der Waals surface area (Å²) in [5.41, 5.74) is 1.12. The zero-order valence-electron chi connectivity index (χ0n) is 13.2. The predicted octanol–water partition coefficient (Wildman–Crippen LogP) is 2.83. The fourth-order valence-corrected chi connectivity index (χ4v) is 4.37. The van der Waals surface area contributed by atoms with Crippen molar-refractivity contribution in [1.82, 2.24) is 14.9 Å². The normalized spacial score (nSPS) is 21.7. The molecule has 1 saturated heterocycles. The third-order valence-electron chi connectivity index (χ3n) is 5.45. The number of H-pyrrole nitrogens is 1. The number of benzene rings is 1. The first-order chi connectivity index (χ1) is 11.6. The first-order valence-corrected chi connectivity index (χ1v) is 8.55. The van der Waals surface area contributed by atoms with E-state index in [4.69, 9.17) is 11.6 Å². The van der Waals surface area contributed by atoms with Crippen LogP contribution in [0, 0.1) is 5.41 Å². The fourth-order valence-electron chi connectivity index (χ4n) is 4.10. The zero-order valence-corrected chi connectivity index (χ0v) is 13.9. The molecule has 5 nitrogen and oxygen atoms in total. The van der Waals surface area contributed by atoms with Crippen LogP contribution in [0.15, 0.2) is 41.5 Å². The third kappa shape index (κ3) is 2.44. The summed E-state index contributed by atoms with van der Waals surface area (Å²) in [6.45, 7) is 1.33. The maximum absolute atomic E-state index is 12.8. The second-order valence-electron chi connectivity index (χ2n) is 6.79.